The highest BCUT2D eigenvalue weighted by molar-refractivity contribution is 5.91. The number of nitrogens with one attached hydrogen (secondary N) is 1. The second-order valence-electron chi connectivity index (χ2n) is 8.08. The third-order valence-corrected chi connectivity index (χ3v) is 5.54. The summed E-state index contributed by atoms with van der Waals surface area (Å²) in [5.74, 6) is -0.571. The summed E-state index contributed by atoms with van der Waals surface area (Å²) >= 11 is 0. The summed E-state index contributed by atoms with van der Waals surface area (Å²) in [4.78, 5) is 12.5. The van der Waals surface area contributed by atoms with Gasteiger partial charge in [-0.1, -0.05) is 12.1 Å². The molecule has 1 aliphatic carbocycles. The van der Waals surface area contributed by atoms with E-state index in [0.717, 1.165) is 30.2 Å². The Balaban J connectivity index is 1.42. The van der Waals surface area contributed by atoms with Crippen LogP contribution in [0.25, 0.3) is 0 Å². The minimum absolute atomic E-state index is 0.0132. The highest BCUT2D eigenvalue weighted by Gasteiger charge is 2.37. The lowest BCUT2D eigenvalue weighted by molar-refractivity contribution is -0.141. The van der Waals surface area contributed by atoms with Crippen molar-refractivity contribution in [1.29, 1.82) is 0 Å². The molecule has 4 rings (SSSR count). The zero-order valence-electron chi connectivity index (χ0n) is 17.7. The van der Waals surface area contributed by atoms with Crippen LogP contribution in [0.4, 0.5) is 23.2 Å². The Morgan fingerprint density at radius 2 is 1.81 bits per heavy atom. The maximum atomic E-state index is 13.1. The number of hydrogen-bond acceptors (Lipinski definition) is 3. The number of aromatic nitrogens is 4. The van der Waals surface area contributed by atoms with E-state index in [1.807, 2.05) is 6.92 Å². The second-order valence-corrected chi connectivity index (χ2v) is 8.08. The third kappa shape index (κ3) is 4.84. The molecule has 1 fully saturated rings. The van der Waals surface area contributed by atoms with Gasteiger partial charge in [-0.3, -0.25) is 14.2 Å². The number of alkyl halides is 3. The lowest BCUT2D eigenvalue weighted by atomic mass is 10.2. The number of hydrogen-bond donors (Lipinski definition) is 1. The number of amides is 1. The minimum Gasteiger partial charge on any atom is -0.323 e. The molecular formula is C22H23F4N5O. The zero-order chi connectivity index (χ0) is 23.0. The summed E-state index contributed by atoms with van der Waals surface area (Å²) in [7, 11) is 0. The Bertz CT molecular complexity index is 1130. The minimum atomic E-state index is -4.51. The molecule has 0 bridgehead atoms. The van der Waals surface area contributed by atoms with Crippen LogP contribution in [0.1, 0.15) is 53.5 Å². The van der Waals surface area contributed by atoms with Crippen LogP contribution < -0.4 is 5.32 Å². The number of benzene rings is 1. The molecule has 2 aromatic heterocycles. The Morgan fingerprint density at radius 1 is 1.12 bits per heavy atom. The third-order valence-electron chi connectivity index (χ3n) is 5.54. The van der Waals surface area contributed by atoms with Gasteiger partial charge in [0, 0.05) is 24.6 Å². The zero-order valence-corrected chi connectivity index (χ0v) is 17.7. The molecule has 1 amide bonds. The monoisotopic (exact) mass is 449 g/mol. The van der Waals surface area contributed by atoms with Crippen LogP contribution >= 0.6 is 0 Å². The van der Waals surface area contributed by atoms with E-state index in [1.165, 1.54) is 16.8 Å². The van der Waals surface area contributed by atoms with Crippen LogP contribution in [0.5, 0.6) is 0 Å². The first-order valence-electron chi connectivity index (χ1n) is 10.3. The Morgan fingerprint density at radius 3 is 2.44 bits per heavy atom. The molecule has 0 radical (unpaired) electrons. The van der Waals surface area contributed by atoms with Crippen LogP contribution in [0.3, 0.4) is 0 Å². The molecule has 170 valence electrons. The van der Waals surface area contributed by atoms with Gasteiger partial charge in [0.2, 0.25) is 5.91 Å². The first-order chi connectivity index (χ1) is 15.1. The highest BCUT2D eigenvalue weighted by atomic mass is 19.4. The van der Waals surface area contributed by atoms with Crippen molar-refractivity contribution >= 4 is 11.6 Å². The molecule has 32 heavy (non-hydrogen) atoms. The van der Waals surface area contributed by atoms with E-state index in [4.69, 9.17) is 0 Å². The van der Waals surface area contributed by atoms with E-state index in [9.17, 15) is 22.4 Å². The van der Waals surface area contributed by atoms with Gasteiger partial charge in [-0.05, 0) is 50.5 Å². The molecule has 1 aliphatic rings. The SMILES string of the molecule is Cc1nn(Cc2ccc(F)cc2)c(C)c1NC(=O)CCn1nc(C(F)(F)F)cc1C1CC1. The fourth-order valence-electron chi connectivity index (χ4n) is 3.66. The fourth-order valence-corrected chi connectivity index (χ4v) is 3.66. The smallest absolute Gasteiger partial charge is 0.323 e. The molecule has 1 saturated carbocycles. The van der Waals surface area contributed by atoms with Crippen molar-refractivity contribution in [3.05, 3.63) is 64.5 Å². The first kappa shape index (κ1) is 22.0. The largest absolute Gasteiger partial charge is 0.435 e. The highest BCUT2D eigenvalue weighted by Crippen LogP contribution is 2.42. The Hall–Kier alpha value is -3.17. The Labute approximate surface area is 182 Å². The number of anilines is 1. The van der Waals surface area contributed by atoms with E-state index in [0.29, 0.717) is 23.6 Å². The van der Waals surface area contributed by atoms with Gasteiger partial charge >= 0.3 is 6.18 Å². The van der Waals surface area contributed by atoms with Gasteiger partial charge in [-0.15, -0.1) is 0 Å². The van der Waals surface area contributed by atoms with Crippen molar-refractivity contribution in [2.75, 3.05) is 5.32 Å². The van der Waals surface area contributed by atoms with E-state index >= 15 is 0 Å². The van der Waals surface area contributed by atoms with Crippen molar-refractivity contribution in [2.24, 2.45) is 0 Å². The van der Waals surface area contributed by atoms with E-state index in [2.05, 4.69) is 15.5 Å². The summed E-state index contributed by atoms with van der Waals surface area (Å²) in [5.41, 5.74) is 2.39. The van der Waals surface area contributed by atoms with Gasteiger partial charge in [0.05, 0.1) is 23.6 Å². The molecule has 6 nitrogen and oxygen atoms in total. The topological polar surface area (TPSA) is 64.7 Å². The number of nitrogens with zero attached hydrogens (tertiary/aromatic N) is 4. The predicted molar refractivity (Wildman–Crippen MR) is 110 cm³/mol. The van der Waals surface area contributed by atoms with E-state index in [-0.39, 0.29) is 30.6 Å². The van der Waals surface area contributed by atoms with Crippen molar-refractivity contribution in [1.82, 2.24) is 19.6 Å². The van der Waals surface area contributed by atoms with E-state index < -0.39 is 11.9 Å². The van der Waals surface area contributed by atoms with Crippen molar-refractivity contribution < 1.29 is 22.4 Å². The molecule has 1 aromatic carbocycles. The van der Waals surface area contributed by atoms with E-state index in [1.54, 1.807) is 23.7 Å². The second kappa shape index (κ2) is 8.40. The van der Waals surface area contributed by atoms with Crippen LogP contribution in [0.15, 0.2) is 30.3 Å². The molecule has 0 saturated heterocycles. The maximum Gasteiger partial charge on any atom is 0.435 e. The number of carbonyl (C=O) groups is 1. The maximum absolute atomic E-state index is 13.1. The number of aryl methyl sites for hydroxylation is 2. The van der Waals surface area contributed by atoms with Crippen molar-refractivity contribution in [2.45, 2.75) is 58.3 Å². The molecular weight excluding hydrogens is 426 g/mol. The standard InChI is InChI=1S/C22H23F4N5O/c1-13-21(14(2)31(28-13)12-15-3-7-17(23)8-4-15)27-20(32)9-10-30-18(16-5-6-16)11-19(29-30)22(24,25)26/h3-4,7-8,11,16H,5-6,9-10,12H2,1-2H3,(H,27,32). The lowest BCUT2D eigenvalue weighted by Crippen LogP contribution is -2.17. The van der Waals surface area contributed by atoms with Gasteiger partial charge in [0.1, 0.15) is 5.82 Å². The number of rotatable bonds is 7. The first-order valence-corrected chi connectivity index (χ1v) is 10.3. The molecule has 0 aliphatic heterocycles. The molecule has 10 heteroatoms. The average molecular weight is 449 g/mol. The number of carbonyl (C=O) groups excluding carboxylic acids is 1. The van der Waals surface area contributed by atoms with Gasteiger partial charge in [-0.2, -0.15) is 23.4 Å². The van der Waals surface area contributed by atoms with Crippen LogP contribution in [0.2, 0.25) is 0 Å². The predicted octanol–water partition coefficient (Wildman–Crippen LogP) is 4.81. The van der Waals surface area contributed by atoms with Crippen LogP contribution in [-0.4, -0.2) is 25.5 Å². The summed E-state index contributed by atoms with van der Waals surface area (Å²) in [6, 6.07) is 7.17. The van der Waals surface area contributed by atoms with Gasteiger partial charge < -0.3 is 5.32 Å². The normalized spacial score (nSPS) is 14.1. The molecule has 3 aromatic rings. The summed E-state index contributed by atoms with van der Waals surface area (Å²) in [6.45, 7) is 4.06. The molecule has 0 spiro atoms. The lowest BCUT2D eigenvalue weighted by Gasteiger charge is -2.09. The van der Waals surface area contributed by atoms with Crippen LogP contribution in [-0.2, 0) is 24.1 Å². The summed E-state index contributed by atoms with van der Waals surface area (Å²) in [6.07, 6.45) is -2.85. The summed E-state index contributed by atoms with van der Waals surface area (Å²) in [5, 5.41) is 10.9. The average Bonchev–Trinajstić information content (AvgIpc) is 3.42. The fraction of sp³-hybridized carbons (Fsp3) is 0.409. The molecule has 0 unspecified atom stereocenters. The quantitative estimate of drug-likeness (QED) is 0.527. The number of halogens is 4. The molecule has 2 heterocycles. The molecule has 0 atom stereocenters. The van der Waals surface area contributed by atoms with Gasteiger partial charge in [0.15, 0.2) is 5.69 Å². The van der Waals surface area contributed by atoms with Gasteiger partial charge in [-0.25, -0.2) is 4.39 Å². The van der Waals surface area contributed by atoms with Gasteiger partial charge in [0.25, 0.3) is 0 Å². The molecule has 1 N–H and O–H groups in total. The summed E-state index contributed by atoms with van der Waals surface area (Å²) < 4.78 is 55.2. The van der Waals surface area contributed by atoms with Crippen LogP contribution in [0, 0.1) is 19.7 Å². The van der Waals surface area contributed by atoms with Crippen molar-refractivity contribution in [3.63, 3.8) is 0 Å². The van der Waals surface area contributed by atoms with Crippen molar-refractivity contribution in [3.8, 4) is 0 Å². The Kier molecular flexibility index (Phi) is 5.79.